The molecule has 1 atom stereocenters. The number of pyridine rings is 1. The summed E-state index contributed by atoms with van der Waals surface area (Å²) in [6.45, 7) is 0. The Kier molecular flexibility index (Phi) is 2.56. The predicted octanol–water partition coefficient (Wildman–Crippen LogP) is 1.46. The van der Waals surface area contributed by atoms with Gasteiger partial charge in [0.25, 0.3) is 5.91 Å². The number of anilines is 1. The summed E-state index contributed by atoms with van der Waals surface area (Å²) in [7, 11) is 0. The van der Waals surface area contributed by atoms with Gasteiger partial charge < -0.3 is 10.1 Å². The van der Waals surface area contributed by atoms with Crippen LogP contribution in [0.4, 0.5) is 5.82 Å². The quantitative estimate of drug-likeness (QED) is 0.782. The van der Waals surface area contributed by atoms with Crippen molar-refractivity contribution in [3.05, 3.63) is 16.7 Å². The van der Waals surface area contributed by atoms with Crippen LogP contribution < -0.4 is 10.1 Å². The zero-order valence-corrected chi connectivity index (χ0v) is 9.11. The average molecular weight is 268 g/mol. The highest BCUT2D eigenvalue weighted by atomic mass is 79.9. The van der Waals surface area contributed by atoms with Crippen LogP contribution in [-0.2, 0) is 4.79 Å². The lowest BCUT2D eigenvalue weighted by Gasteiger charge is -2.23. The molecule has 1 N–H and O–H groups in total. The van der Waals surface area contributed by atoms with Crippen molar-refractivity contribution >= 4 is 27.7 Å². The van der Waals surface area contributed by atoms with E-state index in [4.69, 9.17) is 10.00 Å². The lowest BCUT2D eigenvalue weighted by Crippen LogP contribution is -2.37. The van der Waals surface area contributed by atoms with Gasteiger partial charge >= 0.3 is 0 Å². The molecule has 0 aliphatic carbocycles. The molecule has 0 radical (unpaired) electrons. The van der Waals surface area contributed by atoms with E-state index in [2.05, 4.69) is 26.2 Å². The molecule has 0 saturated heterocycles. The first kappa shape index (κ1) is 9.93. The standard InChI is InChI=1S/C9H6BrN3O2/c10-7-2-1-5-8(12-7)13-9(14)6(15-5)3-4-11/h1-2,6H,3H2,(H,12,13,14). The van der Waals surface area contributed by atoms with Crippen LogP contribution in [0.15, 0.2) is 16.7 Å². The minimum atomic E-state index is -0.745. The van der Waals surface area contributed by atoms with Gasteiger partial charge in [-0.15, -0.1) is 0 Å². The van der Waals surface area contributed by atoms with Gasteiger partial charge in [-0.2, -0.15) is 5.26 Å². The van der Waals surface area contributed by atoms with Gasteiger partial charge in [0.1, 0.15) is 4.60 Å². The van der Waals surface area contributed by atoms with Crippen molar-refractivity contribution in [2.45, 2.75) is 12.5 Å². The predicted molar refractivity (Wildman–Crippen MR) is 55.2 cm³/mol. The molecular formula is C9H6BrN3O2. The average Bonchev–Trinajstić information content (AvgIpc) is 2.20. The van der Waals surface area contributed by atoms with E-state index in [1.807, 2.05) is 6.07 Å². The molecule has 2 rings (SSSR count). The SMILES string of the molecule is N#CCC1Oc2ccc(Br)nc2NC1=O. The molecule has 76 valence electrons. The summed E-state index contributed by atoms with van der Waals surface area (Å²) < 4.78 is 5.94. The molecule has 5 nitrogen and oxygen atoms in total. The zero-order chi connectivity index (χ0) is 10.8. The van der Waals surface area contributed by atoms with Crippen molar-refractivity contribution in [1.29, 1.82) is 5.26 Å². The molecule has 6 heteroatoms. The van der Waals surface area contributed by atoms with E-state index in [0.717, 1.165) is 0 Å². The molecule has 0 spiro atoms. The minimum absolute atomic E-state index is 0.0291. The topological polar surface area (TPSA) is 75.0 Å². The summed E-state index contributed by atoms with van der Waals surface area (Å²) in [6, 6.07) is 5.29. The lowest BCUT2D eigenvalue weighted by atomic mass is 10.2. The van der Waals surface area contributed by atoms with Crippen LogP contribution >= 0.6 is 15.9 Å². The van der Waals surface area contributed by atoms with Gasteiger partial charge in [-0.25, -0.2) is 4.98 Å². The molecule has 2 heterocycles. The van der Waals surface area contributed by atoms with E-state index < -0.39 is 6.10 Å². The van der Waals surface area contributed by atoms with E-state index in [-0.39, 0.29) is 12.3 Å². The molecule has 0 aromatic carbocycles. The number of fused-ring (bicyclic) bond motifs is 1. The van der Waals surface area contributed by atoms with Crippen LogP contribution in [0.3, 0.4) is 0 Å². The number of ether oxygens (including phenoxy) is 1. The number of nitrogens with zero attached hydrogens (tertiary/aromatic N) is 2. The molecule has 1 aliphatic rings. The number of halogens is 1. The maximum absolute atomic E-state index is 11.4. The van der Waals surface area contributed by atoms with Gasteiger partial charge in [-0.1, -0.05) is 0 Å². The molecule has 1 aliphatic heterocycles. The molecule has 15 heavy (non-hydrogen) atoms. The number of nitriles is 1. The summed E-state index contributed by atoms with van der Waals surface area (Å²) in [5.74, 6) is 0.524. The van der Waals surface area contributed by atoms with E-state index in [0.29, 0.717) is 16.2 Å². The van der Waals surface area contributed by atoms with Crippen LogP contribution in [0.1, 0.15) is 6.42 Å². The Hall–Kier alpha value is -1.61. The van der Waals surface area contributed by atoms with Crippen molar-refractivity contribution < 1.29 is 9.53 Å². The third kappa shape index (κ3) is 1.92. The highest BCUT2D eigenvalue weighted by molar-refractivity contribution is 9.10. The van der Waals surface area contributed by atoms with Crippen molar-refractivity contribution in [3.63, 3.8) is 0 Å². The number of carbonyl (C=O) groups excluding carboxylic acids is 1. The molecule has 1 unspecified atom stereocenters. The Balaban J connectivity index is 2.30. The maximum atomic E-state index is 11.4. The van der Waals surface area contributed by atoms with Crippen LogP contribution in [0.25, 0.3) is 0 Å². The molecular weight excluding hydrogens is 262 g/mol. The first-order valence-electron chi connectivity index (χ1n) is 4.21. The summed E-state index contributed by atoms with van der Waals surface area (Å²) in [4.78, 5) is 15.5. The second kappa shape index (κ2) is 3.87. The summed E-state index contributed by atoms with van der Waals surface area (Å²) >= 11 is 3.19. The maximum Gasteiger partial charge on any atom is 0.267 e. The second-order valence-corrected chi connectivity index (χ2v) is 3.75. The van der Waals surface area contributed by atoms with Crippen molar-refractivity contribution in [3.8, 4) is 11.8 Å². The van der Waals surface area contributed by atoms with Crippen LogP contribution in [0.2, 0.25) is 0 Å². The first-order valence-corrected chi connectivity index (χ1v) is 5.01. The number of nitrogens with one attached hydrogen (secondary N) is 1. The number of aromatic nitrogens is 1. The second-order valence-electron chi connectivity index (χ2n) is 2.94. The number of amides is 1. The Bertz CT molecular complexity index is 455. The Morgan fingerprint density at radius 2 is 2.47 bits per heavy atom. The van der Waals surface area contributed by atoms with Gasteiger partial charge in [0, 0.05) is 0 Å². The third-order valence-electron chi connectivity index (χ3n) is 1.90. The van der Waals surface area contributed by atoms with Gasteiger partial charge in [-0.05, 0) is 28.1 Å². The monoisotopic (exact) mass is 267 g/mol. The number of hydrogen-bond acceptors (Lipinski definition) is 4. The van der Waals surface area contributed by atoms with E-state index >= 15 is 0 Å². The first-order chi connectivity index (χ1) is 7.20. The van der Waals surface area contributed by atoms with Crippen LogP contribution in [-0.4, -0.2) is 17.0 Å². The lowest BCUT2D eigenvalue weighted by molar-refractivity contribution is -0.123. The van der Waals surface area contributed by atoms with Gasteiger partial charge in [0.05, 0.1) is 12.5 Å². The molecule has 1 aromatic heterocycles. The normalized spacial score (nSPS) is 18.4. The largest absolute Gasteiger partial charge is 0.476 e. The summed E-state index contributed by atoms with van der Waals surface area (Å²) in [6.07, 6.45) is -0.716. The molecule has 0 bridgehead atoms. The fourth-order valence-electron chi connectivity index (χ4n) is 1.23. The minimum Gasteiger partial charge on any atom is -0.476 e. The highest BCUT2D eigenvalue weighted by Crippen LogP contribution is 2.29. The van der Waals surface area contributed by atoms with Crippen LogP contribution in [0.5, 0.6) is 5.75 Å². The molecule has 0 fully saturated rings. The summed E-state index contributed by atoms with van der Waals surface area (Å²) in [5.41, 5.74) is 0. The smallest absolute Gasteiger partial charge is 0.267 e. The van der Waals surface area contributed by atoms with E-state index in [1.165, 1.54) is 0 Å². The fraction of sp³-hybridized carbons (Fsp3) is 0.222. The molecule has 1 aromatic rings. The van der Waals surface area contributed by atoms with Gasteiger partial charge in [0.15, 0.2) is 17.7 Å². The van der Waals surface area contributed by atoms with Gasteiger partial charge in [0.2, 0.25) is 0 Å². The Morgan fingerprint density at radius 1 is 1.67 bits per heavy atom. The van der Waals surface area contributed by atoms with Crippen molar-refractivity contribution in [1.82, 2.24) is 4.98 Å². The Morgan fingerprint density at radius 3 is 3.20 bits per heavy atom. The molecule has 1 amide bonds. The van der Waals surface area contributed by atoms with E-state index in [9.17, 15) is 4.79 Å². The van der Waals surface area contributed by atoms with Crippen molar-refractivity contribution in [2.24, 2.45) is 0 Å². The fourth-order valence-corrected chi connectivity index (χ4v) is 1.54. The van der Waals surface area contributed by atoms with Gasteiger partial charge in [-0.3, -0.25) is 4.79 Å². The molecule has 0 saturated carbocycles. The zero-order valence-electron chi connectivity index (χ0n) is 7.53. The highest BCUT2D eigenvalue weighted by Gasteiger charge is 2.28. The number of rotatable bonds is 1. The van der Waals surface area contributed by atoms with Crippen molar-refractivity contribution in [2.75, 3.05) is 5.32 Å². The Labute approximate surface area is 94.2 Å². The van der Waals surface area contributed by atoms with Crippen LogP contribution in [0, 0.1) is 11.3 Å². The van der Waals surface area contributed by atoms with E-state index in [1.54, 1.807) is 12.1 Å². The number of carbonyl (C=O) groups is 1. The summed E-state index contributed by atoms with van der Waals surface area (Å²) in [5, 5.41) is 11.1. The number of hydrogen-bond donors (Lipinski definition) is 1. The third-order valence-corrected chi connectivity index (χ3v) is 2.35.